The van der Waals surface area contributed by atoms with Crippen LogP contribution in [0, 0.1) is 5.41 Å². The molecule has 1 saturated heterocycles. The van der Waals surface area contributed by atoms with Crippen LogP contribution in [0.15, 0.2) is 0 Å². The molecule has 0 radical (unpaired) electrons. The molecule has 0 aromatic heterocycles. The first-order valence-corrected chi connectivity index (χ1v) is 6.98. The average Bonchev–Trinajstić information content (AvgIpc) is 2.89. The Morgan fingerprint density at radius 1 is 1.33 bits per heavy atom. The summed E-state index contributed by atoms with van der Waals surface area (Å²) >= 11 is 0. The van der Waals surface area contributed by atoms with Gasteiger partial charge < -0.3 is 5.32 Å². The summed E-state index contributed by atoms with van der Waals surface area (Å²) in [5, 5.41) is 3.39. The van der Waals surface area contributed by atoms with Gasteiger partial charge in [-0.25, -0.2) is 8.93 Å². The van der Waals surface area contributed by atoms with Gasteiger partial charge in [0, 0.05) is 12.6 Å². The van der Waals surface area contributed by atoms with Gasteiger partial charge in [-0.15, -0.1) is 0 Å². The third kappa shape index (κ3) is 2.43. The second-order valence-corrected chi connectivity index (χ2v) is 7.87. The maximum absolute atomic E-state index is 12.0. The zero-order valence-corrected chi connectivity index (χ0v) is 10.7. The van der Waals surface area contributed by atoms with Crippen molar-refractivity contribution in [1.82, 2.24) is 10.0 Å². The van der Waals surface area contributed by atoms with E-state index in [2.05, 4.69) is 10.0 Å². The molecule has 1 spiro atoms. The summed E-state index contributed by atoms with van der Waals surface area (Å²) in [6.07, 6.45) is 3.87. The molecule has 88 valence electrons. The highest BCUT2D eigenvalue weighted by molar-refractivity contribution is 7.84. The van der Waals surface area contributed by atoms with E-state index in [1.54, 1.807) is 0 Å². The first kappa shape index (κ1) is 11.6. The van der Waals surface area contributed by atoms with Crippen LogP contribution >= 0.6 is 0 Å². The van der Waals surface area contributed by atoms with Crippen LogP contribution in [0.2, 0.25) is 0 Å². The van der Waals surface area contributed by atoms with Gasteiger partial charge in [0.2, 0.25) is 0 Å². The van der Waals surface area contributed by atoms with Gasteiger partial charge in [-0.05, 0) is 52.0 Å². The monoisotopic (exact) mass is 230 g/mol. The summed E-state index contributed by atoms with van der Waals surface area (Å²) in [4.78, 5) is 0. The van der Waals surface area contributed by atoms with Crippen LogP contribution in [-0.2, 0) is 11.0 Å². The SMILES string of the molecule is CC(C)(C)S(=O)NC1CNCCC12CC2. The fraction of sp³-hybridized carbons (Fsp3) is 1.00. The fourth-order valence-electron chi connectivity index (χ4n) is 2.21. The lowest BCUT2D eigenvalue weighted by Crippen LogP contribution is -2.53. The van der Waals surface area contributed by atoms with Crippen molar-refractivity contribution in [2.75, 3.05) is 13.1 Å². The molecule has 2 aliphatic rings. The van der Waals surface area contributed by atoms with E-state index in [9.17, 15) is 4.21 Å². The van der Waals surface area contributed by atoms with Crippen molar-refractivity contribution in [3.63, 3.8) is 0 Å². The number of nitrogens with one attached hydrogen (secondary N) is 2. The molecule has 4 heteroatoms. The molecule has 0 amide bonds. The molecule has 2 fully saturated rings. The standard InChI is InChI=1S/C11H22N2OS/c1-10(2,3)15(14)13-9-8-12-7-6-11(9)4-5-11/h9,12-13H,4-8H2,1-3H3. The molecule has 0 aromatic rings. The number of hydrogen-bond donors (Lipinski definition) is 2. The third-order valence-electron chi connectivity index (χ3n) is 3.59. The van der Waals surface area contributed by atoms with Gasteiger partial charge >= 0.3 is 0 Å². The van der Waals surface area contributed by atoms with Crippen molar-refractivity contribution >= 4 is 11.0 Å². The highest BCUT2D eigenvalue weighted by Crippen LogP contribution is 2.52. The molecule has 2 rings (SSSR count). The minimum Gasteiger partial charge on any atom is -0.315 e. The minimum absolute atomic E-state index is 0.159. The van der Waals surface area contributed by atoms with Crippen LogP contribution < -0.4 is 10.0 Å². The van der Waals surface area contributed by atoms with Crippen molar-refractivity contribution in [3.05, 3.63) is 0 Å². The van der Waals surface area contributed by atoms with E-state index < -0.39 is 11.0 Å². The van der Waals surface area contributed by atoms with E-state index in [1.807, 2.05) is 20.8 Å². The third-order valence-corrected chi connectivity index (χ3v) is 5.20. The van der Waals surface area contributed by atoms with E-state index in [0.29, 0.717) is 11.5 Å². The lowest BCUT2D eigenvalue weighted by Gasteiger charge is -2.34. The molecule has 2 N–H and O–H groups in total. The van der Waals surface area contributed by atoms with Gasteiger partial charge in [0.05, 0.1) is 15.7 Å². The summed E-state index contributed by atoms with van der Waals surface area (Å²) < 4.78 is 15.2. The second-order valence-electron chi connectivity index (χ2n) is 5.87. The summed E-state index contributed by atoms with van der Waals surface area (Å²) in [5.74, 6) is 0. The van der Waals surface area contributed by atoms with Crippen LogP contribution in [0.25, 0.3) is 0 Å². The zero-order chi connectivity index (χ0) is 11.1. The van der Waals surface area contributed by atoms with Crippen molar-refractivity contribution < 1.29 is 4.21 Å². The zero-order valence-electron chi connectivity index (χ0n) is 9.93. The molecule has 2 atom stereocenters. The summed E-state index contributed by atoms with van der Waals surface area (Å²) in [5.41, 5.74) is 0.478. The Morgan fingerprint density at radius 3 is 2.53 bits per heavy atom. The largest absolute Gasteiger partial charge is 0.315 e. The predicted molar refractivity (Wildman–Crippen MR) is 64.0 cm³/mol. The topological polar surface area (TPSA) is 41.1 Å². The molecular weight excluding hydrogens is 208 g/mol. The average molecular weight is 230 g/mol. The second kappa shape index (κ2) is 3.82. The molecule has 3 nitrogen and oxygen atoms in total. The first-order chi connectivity index (χ1) is 6.94. The first-order valence-electron chi connectivity index (χ1n) is 5.83. The number of piperidine rings is 1. The van der Waals surface area contributed by atoms with Crippen molar-refractivity contribution in [3.8, 4) is 0 Å². The van der Waals surface area contributed by atoms with Gasteiger partial charge in [-0.1, -0.05) is 0 Å². The van der Waals surface area contributed by atoms with Gasteiger partial charge in [0.25, 0.3) is 0 Å². The minimum atomic E-state index is -0.931. The lowest BCUT2D eigenvalue weighted by atomic mass is 9.90. The molecule has 0 bridgehead atoms. The molecular formula is C11H22N2OS. The molecule has 1 heterocycles. The van der Waals surface area contributed by atoms with E-state index in [0.717, 1.165) is 13.1 Å². The summed E-state index contributed by atoms with van der Waals surface area (Å²) in [6.45, 7) is 8.16. The van der Waals surface area contributed by atoms with Crippen LogP contribution in [-0.4, -0.2) is 28.1 Å². The predicted octanol–water partition coefficient (Wildman–Crippen LogP) is 1.18. The van der Waals surface area contributed by atoms with Gasteiger partial charge in [-0.2, -0.15) is 0 Å². The van der Waals surface area contributed by atoms with Crippen LogP contribution in [0.3, 0.4) is 0 Å². The van der Waals surface area contributed by atoms with Crippen molar-refractivity contribution in [2.24, 2.45) is 5.41 Å². The smallest absolute Gasteiger partial charge is 0.0973 e. The Morgan fingerprint density at radius 2 is 2.00 bits per heavy atom. The maximum atomic E-state index is 12.0. The molecule has 15 heavy (non-hydrogen) atoms. The number of hydrogen-bond acceptors (Lipinski definition) is 2. The van der Waals surface area contributed by atoms with Gasteiger partial charge in [0.15, 0.2) is 0 Å². The Hall–Kier alpha value is 0.0700. The van der Waals surface area contributed by atoms with Crippen molar-refractivity contribution in [1.29, 1.82) is 0 Å². The van der Waals surface area contributed by atoms with Crippen LogP contribution in [0.4, 0.5) is 0 Å². The molecule has 2 unspecified atom stereocenters. The Bertz CT molecular complexity index is 268. The van der Waals surface area contributed by atoms with Gasteiger partial charge in [-0.3, -0.25) is 0 Å². The Balaban J connectivity index is 1.96. The van der Waals surface area contributed by atoms with E-state index >= 15 is 0 Å². The molecule has 1 aliphatic carbocycles. The number of rotatable bonds is 2. The van der Waals surface area contributed by atoms with E-state index in [4.69, 9.17) is 0 Å². The fourth-order valence-corrected chi connectivity index (χ4v) is 3.15. The quantitative estimate of drug-likeness (QED) is 0.748. The Kier molecular flexibility index (Phi) is 2.95. The summed E-state index contributed by atoms with van der Waals surface area (Å²) in [6, 6.07) is 0.409. The molecule has 1 aliphatic heterocycles. The normalized spacial score (nSPS) is 31.5. The highest BCUT2D eigenvalue weighted by Gasteiger charge is 2.51. The summed E-state index contributed by atoms with van der Waals surface area (Å²) in [7, 11) is -0.931. The lowest BCUT2D eigenvalue weighted by molar-refractivity contribution is 0.285. The maximum Gasteiger partial charge on any atom is 0.0973 e. The van der Waals surface area contributed by atoms with Gasteiger partial charge in [0.1, 0.15) is 0 Å². The van der Waals surface area contributed by atoms with Crippen molar-refractivity contribution in [2.45, 2.75) is 50.8 Å². The van der Waals surface area contributed by atoms with E-state index in [-0.39, 0.29) is 4.75 Å². The molecule has 0 aromatic carbocycles. The van der Waals surface area contributed by atoms with E-state index in [1.165, 1.54) is 19.3 Å². The van der Waals surface area contributed by atoms with Crippen LogP contribution in [0.1, 0.15) is 40.0 Å². The Labute approximate surface area is 95.0 Å². The molecule has 1 saturated carbocycles. The van der Waals surface area contributed by atoms with Crippen LogP contribution in [0.5, 0.6) is 0 Å². The highest BCUT2D eigenvalue weighted by atomic mass is 32.2.